The fourth-order valence-corrected chi connectivity index (χ4v) is 15.7. The summed E-state index contributed by atoms with van der Waals surface area (Å²) in [5.74, 6) is 1.85. The molecule has 0 radical (unpaired) electrons. The highest BCUT2D eigenvalue weighted by atomic mass is 28.3. The molecule has 11 aromatic carbocycles. The van der Waals surface area contributed by atoms with Crippen LogP contribution in [0.4, 0.5) is 34.1 Å². The Morgan fingerprint density at radius 2 is 0.739 bits per heavy atom. The van der Waals surface area contributed by atoms with E-state index in [1.807, 2.05) is 0 Å². The smallest absolute Gasteiger partial charge is 0.153 e. The van der Waals surface area contributed by atoms with Gasteiger partial charge in [-0.05, 0) is 171 Å². The van der Waals surface area contributed by atoms with Crippen molar-refractivity contribution in [3.63, 3.8) is 0 Å². The van der Waals surface area contributed by atoms with Crippen molar-refractivity contribution in [1.82, 2.24) is 0 Å². The molecule has 3 aliphatic rings. The Bertz CT molecular complexity index is 4110. The summed E-state index contributed by atoms with van der Waals surface area (Å²) in [6.45, 7) is 2.24. The Balaban J connectivity index is 0.953. The van der Waals surface area contributed by atoms with Crippen molar-refractivity contribution in [2.24, 2.45) is 0 Å². The third-order valence-corrected chi connectivity index (χ3v) is 18.4. The van der Waals surface area contributed by atoms with E-state index in [-0.39, 0.29) is 0 Å². The van der Waals surface area contributed by atoms with Gasteiger partial charge in [0.1, 0.15) is 33.8 Å². The highest BCUT2D eigenvalue weighted by molar-refractivity contribution is 7.01. The molecule has 0 spiro atoms. The number of hydrogen-bond acceptors (Lipinski definition) is 5. The lowest BCUT2D eigenvalue weighted by Crippen LogP contribution is -2.63. The second-order valence-corrected chi connectivity index (χ2v) is 21.5. The van der Waals surface area contributed by atoms with Crippen molar-refractivity contribution in [3.8, 4) is 33.8 Å². The van der Waals surface area contributed by atoms with Crippen molar-refractivity contribution in [2.75, 3.05) is 9.80 Å². The van der Waals surface area contributed by atoms with Gasteiger partial charge in [0.25, 0.3) is 0 Å². The molecule has 0 unspecified atom stereocenters. The molecule has 0 aliphatic carbocycles. The largest absolute Gasteiger partial charge is 0.457 e. The number of anilines is 6. The molecule has 5 heterocycles. The monoisotopic (exact) mass is 898 g/mol. The Morgan fingerprint density at radius 1 is 0.333 bits per heavy atom. The summed E-state index contributed by atoms with van der Waals surface area (Å²) < 4.78 is 20.5. The van der Waals surface area contributed by atoms with Gasteiger partial charge in [-0.25, -0.2) is 0 Å². The minimum atomic E-state index is -2.21. The predicted octanol–water partition coefficient (Wildman–Crippen LogP) is 15.4. The van der Waals surface area contributed by atoms with E-state index >= 15 is 0 Å². The van der Waals surface area contributed by atoms with Crippen LogP contribution >= 0.6 is 0 Å². The van der Waals surface area contributed by atoms with Gasteiger partial charge in [-0.15, -0.1) is 0 Å². The molecule has 0 amide bonds. The molecule has 0 atom stereocenters. The molecule has 16 rings (SSSR count). The molecule has 0 saturated carbocycles. The maximum absolute atomic E-state index is 7.49. The topological polar surface area (TPSA) is 42.0 Å². The first-order chi connectivity index (χ1) is 34.1. The van der Waals surface area contributed by atoms with E-state index in [1.54, 1.807) is 0 Å². The fraction of sp³-hybridized carbons (Fsp3) is 0.0159. The molecule has 0 saturated heterocycles. The molecule has 6 heteroatoms. The summed E-state index contributed by atoms with van der Waals surface area (Å²) in [5.41, 5.74) is 16.2. The Hall–Kier alpha value is -8.84. The Kier molecular flexibility index (Phi) is 7.36. The second kappa shape index (κ2) is 13.6. The highest BCUT2D eigenvalue weighted by Gasteiger charge is 2.47. The van der Waals surface area contributed by atoms with E-state index in [0.29, 0.717) is 0 Å². The predicted molar refractivity (Wildman–Crippen MR) is 287 cm³/mol. The van der Waals surface area contributed by atoms with Crippen LogP contribution in [-0.2, 0) is 0 Å². The average molecular weight is 899 g/mol. The van der Waals surface area contributed by atoms with Gasteiger partial charge in [0, 0.05) is 54.7 Å². The van der Waals surface area contributed by atoms with E-state index in [1.165, 1.54) is 65.4 Å². The first-order valence-electron chi connectivity index (χ1n) is 23.7. The molecule has 0 fully saturated rings. The molecule has 322 valence electrons. The Morgan fingerprint density at radius 3 is 1.20 bits per heavy atom. The number of benzene rings is 11. The zero-order valence-electron chi connectivity index (χ0n) is 37.3. The average Bonchev–Trinajstić information content (AvgIpc) is 3.93. The van der Waals surface area contributed by atoms with Gasteiger partial charge < -0.3 is 23.4 Å². The number of ether oxygens (including phenoxy) is 1. The standard InChI is InChI=1S/C63H38N2O3Si/c1-36-24-51-61-52(25-36)65(46-18-6-3-7-19-46)54-31-44(42-21-23-56-48(29-42)50-27-38-13-9-11-15-40(38)33-58(50)67-56)35-60-63(54)69(61)62-53(64(51)45-16-4-2-5-17-45)30-43(34-59(62)68-60)41-20-22-55-47(28-41)49-26-37-12-8-10-14-39(37)32-57(49)66-55/h2-35,69H,1H3. The lowest BCUT2D eigenvalue weighted by molar-refractivity contribution is 0.488. The van der Waals surface area contributed by atoms with Crippen LogP contribution in [0.5, 0.6) is 11.5 Å². The number of hydrogen-bond donors (Lipinski definition) is 0. The molecule has 0 bridgehead atoms. The maximum atomic E-state index is 7.49. The van der Waals surface area contributed by atoms with E-state index < -0.39 is 8.80 Å². The van der Waals surface area contributed by atoms with Crippen molar-refractivity contribution in [2.45, 2.75) is 6.92 Å². The third-order valence-electron chi connectivity index (χ3n) is 14.9. The molecule has 3 aliphatic heterocycles. The minimum absolute atomic E-state index is 0.879. The Labute approximate surface area is 397 Å². The first-order valence-corrected chi connectivity index (χ1v) is 25.4. The minimum Gasteiger partial charge on any atom is -0.457 e. The summed E-state index contributed by atoms with van der Waals surface area (Å²) >= 11 is 0. The van der Waals surface area contributed by atoms with Crippen molar-refractivity contribution >= 4 is 124 Å². The summed E-state index contributed by atoms with van der Waals surface area (Å²) in [5, 5.41) is 13.2. The summed E-state index contributed by atoms with van der Waals surface area (Å²) in [6.07, 6.45) is 0. The van der Waals surface area contributed by atoms with Crippen molar-refractivity contribution in [3.05, 3.63) is 212 Å². The lowest BCUT2D eigenvalue weighted by atomic mass is 9.98. The van der Waals surface area contributed by atoms with Crippen molar-refractivity contribution < 1.29 is 13.6 Å². The zero-order chi connectivity index (χ0) is 45.1. The normalized spacial score (nSPS) is 13.6. The molecule has 0 N–H and O–H groups in total. The van der Waals surface area contributed by atoms with Gasteiger partial charge in [-0.1, -0.05) is 97.1 Å². The van der Waals surface area contributed by atoms with Gasteiger partial charge in [-0.2, -0.15) is 0 Å². The summed E-state index contributed by atoms with van der Waals surface area (Å²) in [6, 6.07) is 75.1. The van der Waals surface area contributed by atoms with Crippen molar-refractivity contribution in [1.29, 1.82) is 0 Å². The lowest BCUT2D eigenvalue weighted by Gasteiger charge is -2.47. The van der Waals surface area contributed by atoms with Gasteiger partial charge in [-0.3, -0.25) is 0 Å². The number of rotatable bonds is 4. The fourth-order valence-electron chi connectivity index (χ4n) is 11.9. The van der Waals surface area contributed by atoms with Crippen LogP contribution in [0.25, 0.3) is 87.7 Å². The molecule has 5 nitrogen and oxygen atoms in total. The van der Waals surface area contributed by atoms with Crippen LogP contribution < -0.4 is 30.1 Å². The quantitative estimate of drug-likeness (QED) is 0.165. The van der Waals surface area contributed by atoms with E-state index in [4.69, 9.17) is 13.6 Å². The van der Waals surface area contributed by atoms with Gasteiger partial charge in [0.05, 0.1) is 11.4 Å². The van der Waals surface area contributed by atoms with Crippen LogP contribution in [-0.4, -0.2) is 8.80 Å². The van der Waals surface area contributed by atoms with E-state index in [9.17, 15) is 0 Å². The number of fused-ring (bicyclic) bond motifs is 8. The summed E-state index contributed by atoms with van der Waals surface area (Å²) in [4.78, 5) is 5.00. The number of furan rings is 2. The SMILES string of the molecule is Cc1cc2c3c(c1)N(c1ccccc1)c1cc(-c4ccc5oc6cc7ccccc7cc6c5c4)cc4c1[SiH]3c1c(cc(-c3ccc5oc6cc7ccccc7cc6c5c3)cc1N2c1ccccc1)O4. The third kappa shape index (κ3) is 5.29. The van der Waals surface area contributed by atoms with Gasteiger partial charge in [0.2, 0.25) is 0 Å². The summed E-state index contributed by atoms with van der Waals surface area (Å²) in [7, 11) is -2.21. The molecule has 69 heavy (non-hydrogen) atoms. The van der Waals surface area contributed by atoms with Gasteiger partial charge in [0.15, 0.2) is 8.80 Å². The number of nitrogens with zero attached hydrogens (tertiary/aromatic N) is 2. The van der Waals surface area contributed by atoms with Crippen LogP contribution in [0.1, 0.15) is 5.56 Å². The second-order valence-electron chi connectivity index (χ2n) is 18.9. The highest BCUT2D eigenvalue weighted by Crippen LogP contribution is 2.51. The van der Waals surface area contributed by atoms with Gasteiger partial charge >= 0.3 is 0 Å². The molecule has 2 aromatic heterocycles. The van der Waals surface area contributed by atoms with E-state index in [2.05, 4.69) is 223 Å². The van der Waals surface area contributed by atoms with Crippen LogP contribution in [0, 0.1) is 6.92 Å². The molecular weight excluding hydrogens is 861 g/mol. The van der Waals surface area contributed by atoms with E-state index in [0.717, 1.165) is 89.0 Å². The zero-order valence-corrected chi connectivity index (χ0v) is 38.5. The maximum Gasteiger partial charge on any atom is 0.153 e. The molecular formula is C63H38N2O3Si. The first kappa shape index (κ1) is 37.3. The van der Waals surface area contributed by atoms with Crippen LogP contribution in [0.3, 0.4) is 0 Å². The number of para-hydroxylation sites is 2. The number of aryl methyl sites for hydroxylation is 1. The van der Waals surface area contributed by atoms with Crippen LogP contribution in [0.15, 0.2) is 215 Å². The van der Waals surface area contributed by atoms with Crippen LogP contribution in [0.2, 0.25) is 0 Å². The molecule has 13 aromatic rings.